The van der Waals surface area contributed by atoms with Crippen LogP contribution in [0.15, 0.2) is 12.5 Å². The first-order valence-electron chi connectivity index (χ1n) is 5.29. The van der Waals surface area contributed by atoms with Crippen LogP contribution in [0.5, 0.6) is 0 Å². The van der Waals surface area contributed by atoms with E-state index in [4.69, 9.17) is 10.5 Å². The van der Waals surface area contributed by atoms with Gasteiger partial charge in [0, 0.05) is 25.8 Å². The Bertz CT molecular complexity index is 324. The third-order valence-electron chi connectivity index (χ3n) is 2.11. The minimum absolute atomic E-state index is 0.0193. The molecule has 1 rings (SSSR count). The number of aromatic nitrogens is 2. The fraction of sp³-hybridized carbons (Fsp3) is 0.600. The molecule has 0 aliphatic carbocycles. The third kappa shape index (κ3) is 4.41. The average molecular weight is 226 g/mol. The molecule has 16 heavy (non-hydrogen) atoms. The van der Waals surface area contributed by atoms with Gasteiger partial charge in [0.1, 0.15) is 6.61 Å². The molecule has 90 valence electrons. The molecule has 0 radical (unpaired) electrons. The van der Waals surface area contributed by atoms with E-state index in [1.807, 2.05) is 6.20 Å². The molecule has 0 aliphatic heterocycles. The van der Waals surface area contributed by atoms with Crippen molar-refractivity contribution in [2.45, 2.75) is 20.0 Å². The van der Waals surface area contributed by atoms with Crippen molar-refractivity contribution < 1.29 is 9.53 Å². The molecule has 0 atom stereocenters. The average Bonchev–Trinajstić information content (AvgIpc) is 2.70. The highest BCUT2D eigenvalue weighted by molar-refractivity contribution is 5.74. The van der Waals surface area contributed by atoms with E-state index in [0.717, 1.165) is 18.8 Å². The Hall–Kier alpha value is -1.40. The van der Waals surface area contributed by atoms with Crippen molar-refractivity contribution in [2.75, 3.05) is 19.8 Å². The molecule has 1 aromatic heterocycles. The van der Waals surface area contributed by atoms with Crippen LogP contribution in [0.2, 0.25) is 0 Å². The summed E-state index contributed by atoms with van der Waals surface area (Å²) in [7, 11) is 0. The van der Waals surface area contributed by atoms with Gasteiger partial charge in [-0.2, -0.15) is 0 Å². The Kier molecular flexibility index (Phi) is 5.52. The van der Waals surface area contributed by atoms with Crippen LogP contribution in [-0.2, 0) is 22.6 Å². The van der Waals surface area contributed by atoms with Crippen LogP contribution in [0.25, 0.3) is 0 Å². The number of imidazole rings is 1. The zero-order valence-electron chi connectivity index (χ0n) is 9.48. The maximum atomic E-state index is 10.4. The second kappa shape index (κ2) is 6.97. The smallest absolute Gasteiger partial charge is 0.243 e. The van der Waals surface area contributed by atoms with E-state index in [9.17, 15) is 4.79 Å². The van der Waals surface area contributed by atoms with Gasteiger partial charge < -0.3 is 20.4 Å². The second-order valence-corrected chi connectivity index (χ2v) is 3.37. The number of nitrogens with zero attached hydrogens (tertiary/aromatic N) is 2. The number of carbonyl (C=O) groups is 1. The molecule has 0 bridgehead atoms. The van der Waals surface area contributed by atoms with Crippen molar-refractivity contribution in [3.05, 3.63) is 18.2 Å². The highest BCUT2D eigenvalue weighted by Gasteiger charge is 1.99. The summed E-state index contributed by atoms with van der Waals surface area (Å²) >= 11 is 0. The number of hydrogen-bond donors (Lipinski definition) is 2. The van der Waals surface area contributed by atoms with Gasteiger partial charge in [-0.05, 0) is 6.92 Å². The molecular weight excluding hydrogens is 208 g/mol. The van der Waals surface area contributed by atoms with Gasteiger partial charge in [-0.15, -0.1) is 0 Å². The molecule has 0 saturated carbocycles. The quantitative estimate of drug-likeness (QED) is 0.585. The fourth-order valence-electron chi connectivity index (χ4n) is 1.31. The first-order chi connectivity index (χ1) is 7.74. The number of carbonyl (C=O) groups excluding carboxylic acids is 1. The van der Waals surface area contributed by atoms with Gasteiger partial charge in [0.15, 0.2) is 0 Å². The summed E-state index contributed by atoms with van der Waals surface area (Å²) in [6.07, 6.45) is 3.64. The second-order valence-electron chi connectivity index (χ2n) is 3.37. The molecule has 0 aromatic carbocycles. The predicted molar refractivity (Wildman–Crippen MR) is 59.6 cm³/mol. The maximum absolute atomic E-state index is 10.4. The van der Waals surface area contributed by atoms with Gasteiger partial charge in [0.05, 0.1) is 18.6 Å². The topological polar surface area (TPSA) is 82.2 Å². The third-order valence-corrected chi connectivity index (χ3v) is 2.11. The zero-order chi connectivity index (χ0) is 11.8. The molecule has 0 fully saturated rings. The first kappa shape index (κ1) is 12.7. The number of nitrogens with one attached hydrogen (secondary N) is 1. The highest BCUT2D eigenvalue weighted by atomic mass is 16.5. The van der Waals surface area contributed by atoms with E-state index in [0.29, 0.717) is 13.2 Å². The van der Waals surface area contributed by atoms with Crippen molar-refractivity contribution in [3.63, 3.8) is 0 Å². The lowest BCUT2D eigenvalue weighted by molar-refractivity contribution is -0.122. The van der Waals surface area contributed by atoms with Crippen LogP contribution in [0, 0.1) is 0 Å². The van der Waals surface area contributed by atoms with Crippen molar-refractivity contribution in [1.29, 1.82) is 0 Å². The fourth-order valence-corrected chi connectivity index (χ4v) is 1.31. The van der Waals surface area contributed by atoms with E-state index in [1.54, 1.807) is 6.33 Å². The van der Waals surface area contributed by atoms with Crippen LogP contribution in [0.1, 0.15) is 12.6 Å². The van der Waals surface area contributed by atoms with E-state index >= 15 is 0 Å². The Morgan fingerprint density at radius 1 is 1.69 bits per heavy atom. The number of nitrogens with two attached hydrogens (primary N) is 1. The Labute approximate surface area is 94.8 Å². The molecule has 0 unspecified atom stereocenters. The maximum Gasteiger partial charge on any atom is 0.243 e. The monoisotopic (exact) mass is 226 g/mol. The van der Waals surface area contributed by atoms with Gasteiger partial charge >= 0.3 is 0 Å². The first-order valence-corrected chi connectivity index (χ1v) is 5.29. The molecule has 1 aromatic rings. The van der Waals surface area contributed by atoms with Crippen LogP contribution in [0.3, 0.4) is 0 Å². The van der Waals surface area contributed by atoms with Crippen LogP contribution in [-0.4, -0.2) is 35.2 Å². The molecule has 0 saturated heterocycles. The van der Waals surface area contributed by atoms with Crippen molar-refractivity contribution in [1.82, 2.24) is 14.9 Å². The molecule has 6 nitrogen and oxygen atoms in total. The number of aryl methyl sites for hydroxylation is 1. The molecule has 0 aliphatic rings. The number of rotatable bonds is 8. The van der Waals surface area contributed by atoms with Gasteiger partial charge in [0.25, 0.3) is 0 Å². The van der Waals surface area contributed by atoms with Gasteiger partial charge in [0.2, 0.25) is 5.91 Å². The Balaban J connectivity index is 2.09. The minimum atomic E-state index is -0.441. The van der Waals surface area contributed by atoms with Crippen molar-refractivity contribution in [2.24, 2.45) is 5.73 Å². The van der Waals surface area contributed by atoms with Crippen molar-refractivity contribution in [3.8, 4) is 0 Å². The van der Waals surface area contributed by atoms with Gasteiger partial charge in [-0.1, -0.05) is 0 Å². The summed E-state index contributed by atoms with van der Waals surface area (Å²) in [5, 5.41) is 3.20. The molecule has 6 heteroatoms. The number of amides is 1. The minimum Gasteiger partial charge on any atom is -0.370 e. The van der Waals surface area contributed by atoms with E-state index in [-0.39, 0.29) is 6.61 Å². The summed E-state index contributed by atoms with van der Waals surface area (Å²) in [6.45, 7) is 4.87. The highest BCUT2D eigenvalue weighted by Crippen LogP contribution is 1.97. The normalized spacial score (nSPS) is 10.6. The van der Waals surface area contributed by atoms with E-state index < -0.39 is 5.91 Å². The number of primary amides is 1. The molecule has 0 spiro atoms. The summed E-state index contributed by atoms with van der Waals surface area (Å²) in [5.41, 5.74) is 6.06. The zero-order valence-corrected chi connectivity index (χ0v) is 9.48. The number of ether oxygens (including phenoxy) is 1. The van der Waals surface area contributed by atoms with E-state index in [2.05, 4.69) is 21.8 Å². The largest absolute Gasteiger partial charge is 0.370 e. The molecule has 3 N–H and O–H groups in total. The standard InChI is InChI=1S/C10H18N4O2/c1-2-14-8-13-6-9(14)5-12-3-4-16-7-10(11)15/h6,8,12H,2-5,7H2,1H3,(H2,11,15). The van der Waals surface area contributed by atoms with Crippen LogP contribution < -0.4 is 11.1 Å². The van der Waals surface area contributed by atoms with E-state index in [1.165, 1.54) is 0 Å². The molecular formula is C10H18N4O2. The SMILES string of the molecule is CCn1cncc1CNCCOCC(N)=O. The summed E-state index contributed by atoms with van der Waals surface area (Å²) in [5.74, 6) is -0.441. The number of hydrogen-bond acceptors (Lipinski definition) is 4. The van der Waals surface area contributed by atoms with Crippen LogP contribution >= 0.6 is 0 Å². The van der Waals surface area contributed by atoms with Crippen molar-refractivity contribution >= 4 is 5.91 Å². The lowest BCUT2D eigenvalue weighted by Gasteiger charge is -2.07. The van der Waals surface area contributed by atoms with Crippen LogP contribution in [0.4, 0.5) is 0 Å². The van der Waals surface area contributed by atoms with Gasteiger partial charge in [-0.25, -0.2) is 4.98 Å². The molecule has 1 amide bonds. The lowest BCUT2D eigenvalue weighted by atomic mass is 10.4. The molecule has 1 heterocycles. The summed E-state index contributed by atoms with van der Waals surface area (Å²) < 4.78 is 7.08. The lowest BCUT2D eigenvalue weighted by Crippen LogP contribution is -2.24. The van der Waals surface area contributed by atoms with Gasteiger partial charge in [-0.3, -0.25) is 4.79 Å². The Morgan fingerprint density at radius 2 is 2.50 bits per heavy atom. The summed E-state index contributed by atoms with van der Waals surface area (Å²) in [4.78, 5) is 14.4. The summed E-state index contributed by atoms with van der Waals surface area (Å²) in [6, 6.07) is 0. The Morgan fingerprint density at radius 3 is 3.19 bits per heavy atom. The predicted octanol–water partition coefficient (Wildman–Crippen LogP) is -0.505.